The Labute approximate surface area is 160 Å². The molecular formula is C19H17ClN4O3. The molecule has 2 N–H and O–H groups in total. The Balaban J connectivity index is 1.78. The lowest BCUT2D eigenvalue weighted by molar-refractivity contribution is 0.101. The number of aryl methyl sites for hydroxylation is 3. The van der Waals surface area contributed by atoms with Crippen molar-refractivity contribution in [2.45, 2.75) is 20.8 Å². The topological polar surface area (TPSA) is 97.1 Å². The van der Waals surface area contributed by atoms with Crippen LogP contribution < -0.4 is 10.6 Å². The predicted molar refractivity (Wildman–Crippen MR) is 102 cm³/mol. The molecular weight excluding hydrogens is 368 g/mol. The fraction of sp³-hybridized carbons (Fsp3) is 0.158. The van der Waals surface area contributed by atoms with Gasteiger partial charge in [0.1, 0.15) is 17.1 Å². The number of aromatic nitrogens is 2. The lowest BCUT2D eigenvalue weighted by Gasteiger charge is -2.11. The van der Waals surface area contributed by atoms with Crippen LogP contribution in [-0.2, 0) is 0 Å². The average Bonchev–Trinajstić information content (AvgIpc) is 3.02. The van der Waals surface area contributed by atoms with E-state index in [1.165, 1.54) is 12.1 Å². The molecule has 2 aromatic heterocycles. The second-order valence-corrected chi connectivity index (χ2v) is 6.48. The molecule has 0 saturated carbocycles. The minimum atomic E-state index is -0.498. The van der Waals surface area contributed by atoms with E-state index in [9.17, 15) is 9.59 Å². The number of hydrogen-bond donors (Lipinski definition) is 2. The molecule has 7 nitrogen and oxygen atoms in total. The highest BCUT2D eigenvalue weighted by Crippen LogP contribution is 2.27. The summed E-state index contributed by atoms with van der Waals surface area (Å²) in [5.41, 5.74) is 2.52. The third-order valence-corrected chi connectivity index (χ3v) is 4.05. The van der Waals surface area contributed by atoms with Gasteiger partial charge in [0.25, 0.3) is 11.8 Å². The first-order valence-corrected chi connectivity index (χ1v) is 8.51. The maximum Gasteiger partial charge on any atom is 0.275 e. The number of hydrogen-bond acceptors (Lipinski definition) is 5. The number of nitrogens with zero attached hydrogens (tertiary/aromatic N) is 2. The van der Waals surface area contributed by atoms with E-state index in [2.05, 4.69) is 20.8 Å². The maximum absolute atomic E-state index is 12.5. The minimum absolute atomic E-state index is 0.0787. The van der Waals surface area contributed by atoms with E-state index in [1.54, 1.807) is 25.1 Å². The number of benzene rings is 1. The molecule has 0 unspecified atom stereocenters. The lowest BCUT2D eigenvalue weighted by Crippen LogP contribution is -2.19. The van der Waals surface area contributed by atoms with Gasteiger partial charge in [-0.15, -0.1) is 0 Å². The van der Waals surface area contributed by atoms with Crippen LogP contribution in [0.5, 0.6) is 0 Å². The molecule has 3 rings (SSSR count). The first-order chi connectivity index (χ1) is 12.8. The van der Waals surface area contributed by atoms with Gasteiger partial charge >= 0.3 is 0 Å². The van der Waals surface area contributed by atoms with Gasteiger partial charge in [0.2, 0.25) is 0 Å². The number of carbonyl (C=O) groups is 2. The molecule has 0 aliphatic carbocycles. The fourth-order valence-corrected chi connectivity index (χ4v) is 2.91. The molecule has 2 heterocycles. The first-order valence-electron chi connectivity index (χ1n) is 8.13. The van der Waals surface area contributed by atoms with Crippen LogP contribution in [0.15, 0.2) is 40.9 Å². The van der Waals surface area contributed by atoms with E-state index in [0.717, 1.165) is 11.1 Å². The second kappa shape index (κ2) is 7.59. The molecule has 0 saturated heterocycles. The molecule has 0 bridgehead atoms. The zero-order chi connectivity index (χ0) is 19.6. The number of carbonyl (C=O) groups excluding carboxylic acids is 2. The highest BCUT2D eigenvalue weighted by atomic mass is 35.5. The van der Waals surface area contributed by atoms with Gasteiger partial charge in [-0.3, -0.25) is 9.59 Å². The summed E-state index contributed by atoms with van der Waals surface area (Å²) in [6.07, 6.45) is 0. The van der Waals surface area contributed by atoms with E-state index < -0.39 is 11.8 Å². The van der Waals surface area contributed by atoms with Gasteiger partial charge in [-0.05, 0) is 50.1 Å². The number of anilines is 2. The van der Waals surface area contributed by atoms with Gasteiger partial charge in [-0.2, -0.15) is 0 Å². The molecule has 0 atom stereocenters. The summed E-state index contributed by atoms with van der Waals surface area (Å²) in [4.78, 5) is 29.0. The van der Waals surface area contributed by atoms with Crippen molar-refractivity contribution in [1.29, 1.82) is 0 Å². The van der Waals surface area contributed by atoms with Crippen molar-refractivity contribution in [1.82, 2.24) is 10.1 Å². The third kappa shape index (κ3) is 4.32. The minimum Gasteiger partial charge on any atom is -0.360 e. The predicted octanol–water partition coefficient (Wildman–Crippen LogP) is 4.15. The molecule has 27 heavy (non-hydrogen) atoms. The smallest absolute Gasteiger partial charge is 0.275 e. The number of pyridine rings is 1. The highest BCUT2D eigenvalue weighted by molar-refractivity contribution is 6.34. The van der Waals surface area contributed by atoms with Gasteiger partial charge in [-0.25, -0.2) is 4.98 Å². The summed E-state index contributed by atoms with van der Waals surface area (Å²) >= 11 is 6.23. The van der Waals surface area contributed by atoms with E-state index in [0.29, 0.717) is 16.5 Å². The summed E-state index contributed by atoms with van der Waals surface area (Å²) in [6.45, 7) is 5.49. The zero-order valence-electron chi connectivity index (χ0n) is 15.0. The Kier molecular flexibility index (Phi) is 5.23. The molecule has 3 aromatic rings. The summed E-state index contributed by atoms with van der Waals surface area (Å²) in [6, 6.07) is 9.86. The SMILES string of the molecule is Cc1cc(C)c(NC(=O)c2cccc(C(=O)Nc3cc(C)on3)n2)c(Cl)c1. The van der Waals surface area contributed by atoms with Gasteiger partial charge < -0.3 is 15.2 Å². The second-order valence-electron chi connectivity index (χ2n) is 6.08. The van der Waals surface area contributed by atoms with Crippen LogP contribution in [0.2, 0.25) is 5.02 Å². The molecule has 0 aliphatic heterocycles. The van der Waals surface area contributed by atoms with Crippen molar-refractivity contribution >= 4 is 34.9 Å². The summed E-state index contributed by atoms with van der Waals surface area (Å²) in [5.74, 6) is -0.119. The van der Waals surface area contributed by atoms with Crippen LogP contribution in [0.1, 0.15) is 37.9 Å². The monoisotopic (exact) mass is 384 g/mol. The van der Waals surface area contributed by atoms with E-state index in [4.69, 9.17) is 16.1 Å². The van der Waals surface area contributed by atoms with Crippen LogP contribution in [-0.4, -0.2) is 22.0 Å². The Morgan fingerprint density at radius 1 is 1.00 bits per heavy atom. The van der Waals surface area contributed by atoms with Crippen molar-refractivity contribution in [3.8, 4) is 0 Å². The van der Waals surface area contributed by atoms with Crippen LogP contribution >= 0.6 is 11.6 Å². The maximum atomic E-state index is 12.5. The van der Waals surface area contributed by atoms with Gasteiger partial charge in [0.05, 0.1) is 10.7 Å². The molecule has 0 spiro atoms. The van der Waals surface area contributed by atoms with Crippen LogP contribution in [0.3, 0.4) is 0 Å². The van der Waals surface area contributed by atoms with Crippen LogP contribution in [0.4, 0.5) is 11.5 Å². The largest absolute Gasteiger partial charge is 0.360 e. The standard InChI is InChI=1S/C19H17ClN4O3/c1-10-7-11(2)17(13(20)8-10)23-19(26)15-6-4-5-14(21-15)18(25)22-16-9-12(3)27-24-16/h4-9H,1-3H3,(H,23,26)(H,22,24,25). The van der Waals surface area contributed by atoms with Crippen molar-refractivity contribution in [2.24, 2.45) is 0 Å². The Morgan fingerprint density at radius 2 is 1.67 bits per heavy atom. The summed E-state index contributed by atoms with van der Waals surface area (Å²) < 4.78 is 4.90. The van der Waals surface area contributed by atoms with Crippen molar-refractivity contribution in [2.75, 3.05) is 10.6 Å². The molecule has 1 aromatic carbocycles. The molecule has 0 fully saturated rings. The summed E-state index contributed by atoms with van der Waals surface area (Å²) in [7, 11) is 0. The number of halogens is 1. The fourth-order valence-electron chi connectivity index (χ4n) is 2.54. The van der Waals surface area contributed by atoms with Gasteiger partial charge in [0, 0.05) is 6.07 Å². The Morgan fingerprint density at radius 3 is 2.26 bits per heavy atom. The summed E-state index contributed by atoms with van der Waals surface area (Å²) in [5, 5.41) is 9.44. The van der Waals surface area contributed by atoms with E-state index in [1.807, 2.05) is 19.9 Å². The number of rotatable bonds is 4. The molecule has 0 aliphatic rings. The third-order valence-electron chi connectivity index (χ3n) is 3.75. The molecule has 0 radical (unpaired) electrons. The normalized spacial score (nSPS) is 10.5. The van der Waals surface area contributed by atoms with Crippen molar-refractivity contribution in [3.63, 3.8) is 0 Å². The Hall–Kier alpha value is -3.19. The van der Waals surface area contributed by atoms with Crippen LogP contribution in [0.25, 0.3) is 0 Å². The lowest BCUT2D eigenvalue weighted by atomic mass is 10.1. The highest BCUT2D eigenvalue weighted by Gasteiger charge is 2.16. The quantitative estimate of drug-likeness (QED) is 0.704. The van der Waals surface area contributed by atoms with Gasteiger partial charge in [-0.1, -0.05) is 28.9 Å². The zero-order valence-corrected chi connectivity index (χ0v) is 15.7. The van der Waals surface area contributed by atoms with Crippen LogP contribution in [0, 0.1) is 20.8 Å². The molecule has 2 amide bonds. The van der Waals surface area contributed by atoms with Gasteiger partial charge in [0.15, 0.2) is 5.82 Å². The van der Waals surface area contributed by atoms with Crippen molar-refractivity contribution in [3.05, 3.63) is 69.7 Å². The average molecular weight is 385 g/mol. The molecule has 138 valence electrons. The first kappa shape index (κ1) is 18.6. The van der Waals surface area contributed by atoms with E-state index >= 15 is 0 Å². The Bertz CT molecular complexity index is 1010. The number of nitrogens with one attached hydrogen (secondary N) is 2. The number of amides is 2. The van der Waals surface area contributed by atoms with Crippen molar-refractivity contribution < 1.29 is 14.1 Å². The molecule has 8 heteroatoms. The van der Waals surface area contributed by atoms with E-state index in [-0.39, 0.29) is 17.2 Å².